The number of anilines is 2. The van der Waals surface area contributed by atoms with E-state index >= 15 is 0 Å². The SMILES string of the molecule is O=C(Nc1ccccn1)c1cccc(NC(=O)C2CC=CCC2c2nc3ccccc3s2)c1. The molecule has 0 spiro atoms. The Morgan fingerprint density at radius 3 is 2.61 bits per heavy atom. The maximum absolute atomic E-state index is 13.3. The smallest absolute Gasteiger partial charge is 0.256 e. The van der Waals surface area contributed by atoms with Crippen molar-refractivity contribution in [2.24, 2.45) is 5.92 Å². The molecule has 0 fully saturated rings. The minimum Gasteiger partial charge on any atom is -0.326 e. The summed E-state index contributed by atoms with van der Waals surface area (Å²) in [5.41, 5.74) is 2.01. The average Bonchev–Trinajstić information content (AvgIpc) is 3.29. The predicted octanol–water partition coefficient (Wildman–Crippen LogP) is 5.63. The summed E-state index contributed by atoms with van der Waals surface area (Å²) in [6.45, 7) is 0. The van der Waals surface area contributed by atoms with Gasteiger partial charge in [-0.3, -0.25) is 9.59 Å². The van der Waals surface area contributed by atoms with Gasteiger partial charge in [-0.2, -0.15) is 0 Å². The van der Waals surface area contributed by atoms with E-state index in [9.17, 15) is 9.59 Å². The number of nitrogens with zero attached hydrogens (tertiary/aromatic N) is 2. The van der Waals surface area contributed by atoms with Crippen molar-refractivity contribution >= 4 is 44.9 Å². The van der Waals surface area contributed by atoms with E-state index in [1.807, 2.05) is 18.2 Å². The number of para-hydroxylation sites is 1. The summed E-state index contributed by atoms with van der Waals surface area (Å²) in [7, 11) is 0. The molecule has 2 aromatic heterocycles. The monoisotopic (exact) mass is 454 g/mol. The van der Waals surface area contributed by atoms with E-state index in [-0.39, 0.29) is 23.7 Å². The normalized spacial score (nSPS) is 17.6. The zero-order chi connectivity index (χ0) is 22.6. The number of allylic oxidation sites excluding steroid dienone is 2. The van der Waals surface area contributed by atoms with Gasteiger partial charge >= 0.3 is 0 Å². The largest absolute Gasteiger partial charge is 0.326 e. The number of fused-ring (bicyclic) bond motifs is 1. The van der Waals surface area contributed by atoms with Gasteiger partial charge in [-0.1, -0.05) is 36.4 Å². The van der Waals surface area contributed by atoms with Crippen molar-refractivity contribution in [3.05, 3.63) is 95.6 Å². The van der Waals surface area contributed by atoms with Gasteiger partial charge < -0.3 is 10.6 Å². The molecule has 2 unspecified atom stereocenters. The molecular weight excluding hydrogens is 432 g/mol. The van der Waals surface area contributed by atoms with Gasteiger partial charge in [-0.05, 0) is 55.3 Å². The molecule has 0 aliphatic heterocycles. The molecule has 0 saturated carbocycles. The van der Waals surface area contributed by atoms with E-state index in [0.717, 1.165) is 21.6 Å². The molecule has 0 saturated heterocycles. The van der Waals surface area contributed by atoms with Gasteiger partial charge in [0.2, 0.25) is 5.91 Å². The first kappa shape index (κ1) is 21.0. The van der Waals surface area contributed by atoms with E-state index in [4.69, 9.17) is 4.98 Å². The van der Waals surface area contributed by atoms with Crippen molar-refractivity contribution in [1.29, 1.82) is 0 Å². The summed E-state index contributed by atoms with van der Waals surface area (Å²) in [6.07, 6.45) is 7.25. The van der Waals surface area contributed by atoms with Crippen molar-refractivity contribution in [3.8, 4) is 0 Å². The zero-order valence-corrected chi connectivity index (χ0v) is 18.6. The first-order valence-corrected chi connectivity index (χ1v) is 11.6. The Morgan fingerprint density at radius 1 is 0.909 bits per heavy atom. The van der Waals surface area contributed by atoms with Gasteiger partial charge in [0.05, 0.1) is 21.1 Å². The number of benzene rings is 2. The number of amides is 2. The lowest BCUT2D eigenvalue weighted by atomic mass is 9.82. The van der Waals surface area contributed by atoms with Crippen LogP contribution in [0.4, 0.5) is 11.5 Å². The minimum absolute atomic E-state index is 0.0306. The van der Waals surface area contributed by atoms with E-state index in [2.05, 4.69) is 33.8 Å². The quantitative estimate of drug-likeness (QED) is 0.383. The number of pyridine rings is 1. The lowest BCUT2D eigenvalue weighted by molar-refractivity contribution is -0.120. The Bertz CT molecular complexity index is 1300. The summed E-state index contributed by atoms with van der Waals surface area (Å²) in [5.74, 6) is -0.0575. The molecular formula is C26H22N4O2S. The highest BCUT2D eigenvalue weighted by Gasteiger charge is 2.32. The molecule has 2 aromatic carbocycles. The third-order valence-electron chi connectivity index (χ3n) is 5.70. The molecule has 164 valence electrons. The average molecular weight is 455 g/mol. The van der Waals surface area contributed by atoms with Crippen LogP contribution in [0.25, 0.3) is 10.2 Å². The van der Waals surface area contributed by atoms with Crippen molar-refractivity contribution in [2.45, 2.75) is 18.8 Å². The highest BCUT2D eigenvalue weighted by Crippen LogP contribution is 2.39. The van der Waals surface area contributed by atoms with Gasteiger partial charge in [0.15, 0.2) is 0 Å². The Labute approximate surface area is 195 Å². The Kier molecular flexibility index (Phi) is 5.95. The molecule has 4 aromatic rings. The topological polar surface area (TPSA) is 84.0 Å². The number of aromatic nitrogens is 2. The number of hydrogen-bond donors (Lipinski definition) is 2. The zero-order valence-electron chi connectivity index (χ0n) is 17.8. The molecule has 1 aliphatic carbocycles. The summed E-state index contributed by atoms with van der Waals surface area (Å²) < 4.78 is 1.13. The van der Waals surface area contributed by atoms with Crippen molar-refractivity contribution in [3.63, 3.8) is 0 Å². The molecule has 2 N–H and O–H groups in total. The summed E-state index contributed by atoms with van der Waals surface area (Å²) in [5, 5.41) is 6.77. The van der Waals surface area contributed by atoms with Crippen LogP contribution in [0, 0.1) is 5.92 Å². The number of carbonyl (C=O) groups is 2. The fourth-order valence-electron chi connectivity index (χ4n) is 4.02. The van der Waals surface area contributed by atoms with E-state index in [0.29, 0.717) is 23.5 Å². The molecule has 0 radical (unpaired) electrons. The second kappa shape index (κ2) is 9.34. The van der Waals surface area contributed by atoms with Crippen LogP contribution in [-0.4, -0.2) is 21.8 Å². The molecule has 2 heterocycles. The van der Waals surface area contributed by atoms with Crippen LogP contribution < -0.4 is 10.6 Å². The Hall–Kier alpha value is -3.84. The molecule has 6 nitrogen and oxygen atoms in total. The van der Waals surface area contributed by atoms with Crippen LogP contribution >= 0.6 is 11.3 Å². The Balaban J connectivity index is 1.32. The lowest BCUT2D eigenvalue weighted by Gasteiger charge is -2.26. The summed E-state index contributed by atoms with van der Waals surface area (Å²) >= 11 is 1.65. The number of rotatable bonds is 5. The molecule has 1 aliphatic rings. The molecule has 0 bridgehead atoms. The van der Waals surface area contributed by atoms with Crippen LogP contribution in [0.2, 0.25) is 0 Å². The number of carbonyl (C=O) groups excluding carboxylic acids is 2. The van der Waals surface area contributed by atoms with Gasteiger partial charge in [0.1, 0.15) is 5.82 Å². The maximum Gasteiger partial charge on any atom is 0.256 e. The number of thiazole rings is 1. The molecule has 2 amide bonds. The van der Waals surface area contributed by atoms with Crippen LogP contribution in [0.15, 0.2) is 85.1 Å². The van der Waals surface area contributed by atoms with Gasteiger partial charge in [0, 0.05) is 23.4 Å². The standard InChI is InChI=1S/C26H22N4O2S/c31-24(30-23-14-5-6-15-27-23)17-8-7-9-18(16-17)28-25(32)19-10-1-2-11-20(19)26-29-21-12-3-4-13-22(21)33-26/h1-9,12-16,19-20H,10-11H2,(H,28,32)(H,27,30,31). The number of nitrogens with one attached hydrogen (secondary N) is 2. The fourth-order valence-corrected chi connectivity index (χ4v) is 5.17. The van der Waals surface area contributed by atoms with Gasteiger partial charge in [0.25, 0.3) is 5.91 Å². The predicted molar refractivity (Wildman–Crippen MR) is 131 cm³/mol. The van der Waals surface area contributed by atoms with Crippen LogP contribution in [-0.2, 0) is 4.79 Å². The molecule has 2 atom stereocenters. The van der Waals surface area contributed by atoms with Gasteiger partial charge in [-0.15, -0.1) is 11.3 Å². The third-order valence-corrected chi connectivity index (χ3v) is 6.86. The van der Waals surface area contributed by atoms with Crippen molar-refractivity contribution in [2.75, 3.05) is 10.6 Å². The fraction of sp³-hybridized carbons (Fsp3) is 0.154. The maximum atomic E-state index is 13.3. The van der Waals surface area contributed by atoms with Crippen LogP contribution in [0.1, 0.15) is 34.1 Å². The van der Waals surface area contributed by atoms with Crippen LogP contribution in [0.3, 0.4) is 0 Å². The summed E-state index contributed by atoms with van der Waals surface area (Å²) in [4.78, 5) is 34.8. The Morgan fingerprint density at radius 2 is 1.76 bits per heavy atom. The highest BCUT2D eigenvalue weighted by atomic mass is 32.1. The van der Waals surface area contributed by atoms with Gasteiger partial charge in [-0.25, -0.2) is 9.97 Å². The highest BCUT2D eigenvalue weighted by molar-refractivity contribution is 7.18. The van der Waals surface area contributed by atoms with E-state index in [1.165, 1.54) is 0 Å². The minimum atomic E-state index is -0.280. The molecule has 7 heteroatoms. The molecule has 33 heavy (non-hydrogen) atoms. The summed E-state index contributed by atoms with van der Waals surface area (Å²) in [6, 6.07) is 20.3. The number of hydrogen-bond acceptors (Lipinski definition) is 5. The lowest BCUT2D eigenvalue weighted by Crippen LogP contribution is -2.29. The first-order valence-electron chi connectivity index (χ1n) is 10.8. The molecule has 5 rings (SSSR count). The van der Waals surface area contributed by atoms with E-state index < -0.39 is 0 Å². The van der Waals surface area contributed by atoms with Crippen molar-refractivity contribution < 1.29 is 9.59 Å². The second-order valence-corrected chi connectivity index (χ2v) is 8.98. The van der Waals surface area contributed by atoms with Crippen LogP contribution in [0.5, 0.6) is 0 Å². The third kappa shape index (κ3) is 4.68. The van der Waals surface area contributed by atoms with E-state index in [1.54, 1.807) is 60.0 Å². The first-order chi connectivity index (χ1) is 16.2. The van der Waals surface area contributed by atoms with Crippen molar-refractivity contribution in [1.82, 2.24) is 9.97 Å². The second-order valence-electron chi connectivity index (χ2n) is 7.91.